The lowest BCUT2D eigenvalue weighted by Gasteiger charge is -2.12. The van der Waals surface area contributed by atoms with E-state index in [0.717, 1.165) is 6.42 Å². The molecule has 0 saturated carbocycles. The molecule has 0 aliphatic carbocycles. The number of nitrogens with one attached hydrogen (secondary N) is 2. The highest BCUT2D eigenvalue weighted by molar-refractivity contribution is 7.11. The van der Waals surface area contributed by atoms with Gasteiger partial charge >= 0.3 is 0 Å². The third-order valence-corrected chi connectivity index (χ3v) is 4.57. The minimum Gasteiger partial charge on any atom is -0.352 e. The lowest BCUT2D eigenvalue weighted by atomic mass is 10.1. The van der Waals surface area contributed by atoms with Gasteiger partial charge in [0.25, 0.3) is 0 Å². The van der Waals surface area contributed by atoms with Crippen molar-refractivity contribution >= 4 is 17.3 Å². The number of aliphatic imine (C=N–C) groups is 1. The topological polar surface area (TPSA) is 60.2 Å². The summed E-state index contributed by atoms with van der Waals surface area (Å²) in [5.41, 5.74) is 0.883. The van der Waals surface area contributed by atoms with E-state index in [9.17, 15) is 4.39 Å². The number of aryl methyl sites for hydroxylation is 1. The second-order valence-electron chi connectivity index (χ2n) is 4.92. The number of halogens is 1. The molecular weight excluding hydrogens is 311 g/mol. The molecule has 120 valence electrons. The molecule has 0 aliphatic rings. The minimum atomic E-state index is -0.335. The molecule has 0 amide bonds. The van der Waals surface area contributed by atoms with Crippen molar-refractivity contribution < 1.29 is 4.39 Å². The summed E-state index contributed by atoms with van der Waals surface area (Å²) in [6.45, 7) is 3.07. The average Bonchev–Trinajstić information content (AvgIpc) is 3.04. The van der Waals surface area contributed by atoms with Gasteiger partial charge < -0.3 is 10.6 Å². The fourth-order valence-corrected chi connectivity index (χ4v) is 2.96. The second-order valence-corrected chi connectivity index (χ2v) is 6.17. The van der Waals surface area contributed by atoms with Crippen LogP contribution in [0.4, 0.5) is 4.39 Å². The summed E-state index contributed by atoms with van der Waals surface area (Å²) < 4.78 is 13.7. The van der Waals surface area contributed by atoms with Crippen LogP contribution in [-0.2, 0) is 19.5 Å². The van der Waals surface area contributed by atoms with Crippen molar-refractivity contribution in [1.82, 2.24) is 10.6 Å². The molecule has 0 aliphatic heterocycles. The monoisotopic (exact) mass is 330 g/mol. The van der Waals surface area contributed by atoms with Gasteiger partial charge in [-0.2, -0.15) is 5.26 Å². The van der Waals surface area contributed by atoms with Crippen LogP contribution in [0.5, 0.6) is 0 Å². The number of guanidine groups is 1. The smallest absolute Gasteiger partial charge is 0.191 e. The highest BCUT2D eigenvalue weighted by Crippen LogP contribution is 2.16. The van der Waals surface area contributed by atoms with Crippen molar-refractivity contribution in [1.29, 1.82) is 5.26 Å². The number of nitriles is 1. The van der Waals surface area contributed by atoms with E-state index in [-0.39, 0.29) is 12.4 Å². The summed E-state index contributed by atoms with van der Waals surface area (Å²) in [6, 6.07) is 10.6. The van der Waals surface area contributed by atoms with E-state index in [1.807, 2.05) is 6.07 Å². The first-order valence-corrected chi connectivity index (χ1v) is 8.18. The van der Waals surface area contributed by atoms with Crippen LogP contribution < -0.4 is 10.6 Å². The average molecular weight is 330 g/mol. The van der Waals surface area contributed by atoms with E-state index >= 15 is 0 Å². The highest BCUT2D eigenvalue weighted by Gasteiger charge is 2.06. The standard InChI is InChI=1S/C17H19FN4S/c1-3-14-5-6-15(23-14)11-22-17(20-2)21-10-13-8-12(9-19)4-7-16(13)18/h4-8H,3,10-11H2,1-2H3,(H2,20,21,22). The Balaban J connectivity index is 1.91. The first kappa shape index (κ1) is 17.0. The lowest BCUT2D eigenvalue weighted by Crippen LogP contribution is -2.36. The summed E-state index contributed by atoms with van der Waals surface area (Å²) in [7, 11) is 1.67. The number of nitrogens with zero attached hydrogens (tertiary/aromatic N) is 2. The summed E-state index contributed by atoms with van der Waals surface area (Å²) in [5, 5.41) is 15.1. The largest absolute Gasteiger partial charge is 0.352 e. The van der Waals surface area contributed by atoms with Gasteiger partial charge in [0.05, 0.1) is 18.2 Å². The number of hydrogen-bond acceptors (Lipinski definition) is 3. The number of thiophene rings is 1. The van der Waals surface area contributed by atoms with Crippen molar-refractivity contribution in [2.75, 3.05) is 7.05 Å². The van der Waals surface area contributed by atoms with Crippen molar-refractivity contribution in [3.05, 3.63) is 57.0 Å². The number of rotatable bonds is 5. The number of benzene rings is 1. The van der Waals surface area contributed by atoms with Gasteiger partial charge in [0.1, 0.15) is 5.82 Å². The lowest BCUT2D eigenvalue weighted by molar-refractivity contribution is 0.604. The Morgan fingerprint density at radius 1 is 1.22 bits per heavy atom. The molecule has 0 fully saturated rings. The Hall–Kier alpha value is -2.39. The van der Waals surface area contributed by atoms with Crippen LogP contribution in [0, 0.1) is 17.1 Å². The molecule has 1 aromatic carbocycles. The van der Waals surface area contributed by atoms with E-state index in [1.54, 1.807) is 24.5 Å². The van der Waals surface area contributed by atoms with Crippen LogP contribution in [0.15, 0.2) is 35.3 Å². The Labute approximate surface area is 139 Å². The molecule has 0 bridgehead atoms. The molecular formula is C17H19FN4S. The first-order chi connectivity index (χ1) is 11.2. The van der Waals surface area contributed by atoms with Gasteiger partial charge in [0.15, 0.2) is 5.96 Å². The minimum absolute atomic E-state index is 0.270. The van der Waals surface area contributed by atoms with Crippen LogP contribution in [0.2, 0.25) is 0 Å². The molecule has 6 heteroatoms. The Morgan fingerprint density at radius 3 is 2.61 bits per heavy atom. The molecule has 2 N–H and O–H groups in total. The van der Waals surface area contributed by atoms with Gasteiger partial charge in [-0.15, -0.1) is 11.3 Å². The van der Waals surface area contributed by atoms with Crippen LogP contribution >= 0.6 is 11.3 Å². The second kappa shape index (κ2) is 8.30. The van der Waals surface area contributed by atoms with Crippen molar-refractivity contribution in [3.8, 4) is 6.07 Å². The molecule has 23 heavy (non-hydrogen) atoms. The van der Waals surface area contributed by atoms with Crippen LogP contribution in [0.1, 0.15) is 27.8 Å². The zero-order valence-electron chi connectivity index (χ0n) is 13.2. The summed E-state index contributed by atoms with van der Waals surface area (Å²) in [5.74, 6) is 0.260. The van der Waals surface area contributed by atoms with E-state index in [0.29, 0.717) is 23.6 Å². The Morgan fingerprint density at radius 2 is 1.96 bits per heavy atom. The third kappa shape index (κ3) is 4.80. The quantitative estimate of drug-likeness (QED) is 0.654. The molecule has 0 atom stereocenters. The zero-order chi connectivity index (χ0) is 16.7. The summed E-state index contributed by atoms with van der Waals surface area (Å²) in [6.07, 6.45) is 1.03. The highest BCUT2D eigenvalue weighted by atomic mass is 32.1. The third-order valence-electron chi connectivity index (χ3n) is 3.34. The van der Waals surface area contributed by atoms with Gasteiger partial charge in [0.2, 0.25) is 0 Å². The zero-order valence-corrected chi connectivity index (χ0v) is 14.0. The van der Waals surface area contributed by atoms with E-state index in [2.05, 4.69) is 34.7 Å². The predicted molar refractivity (Wildman–Crippen MR) is 91.9 cm³/mol. The molecule has 0 radical (unpaired) electrons. The Bertz CT molecular complexity index is 730. The van der Waals surface area contributed by atoms with Crippen LogP contribution in [0.3, 0.4) is 0 Å². The predicted octanol–water partition coefficient (Wildman–Crippen LogP) is 3.19. The van der Waals surface area contributed by atoms with Gasteiger partial charge in [-0.05, 0) is 36.8 Å². The van der Waals surface area contributed by atoms with Crippen LogP contribution in [0.25, 0.3) is 0 Å². The maximum absolute atomic E-state index is 13.7. The van der Waals surface area contributed by atoms with E-state index in [4.69, 9.17) is 5.26 Å². The maximum Gasteiger partial charge on any atom is 0.191 e. The van der Waals surface area contributed by atoms with Crippen LogP contribution in [-0.4, -0.2) is 13.0 Å². The van der Waals surface area contributed by atoms with Crippen molar-refractivity contribution in [2.45, 2.75) is 26.4 Å². The molecule has 2 aromatic rings. The van der Waals surface area contributed by atoms with Gasteiger partial charge in [-0.3, -0.25) is 4.99 Å². The van der Waals surface area contributed by atoms with Gasteiger partial charge in [-0.1, -0.05) is 6.92 Å². The first-order valence-electron chi connectivity index (χ1n) is 7.37. The van der Waals surface area contributed by atoms with E-state index < -0.39 is 0 Å². The van der Waals surface area contributed by atoms with Gasteiger partial charge in [0, 0.05) is 28.9 Å². The fourth-order valence-electron chi connectivity index (χ4n) is 2.06. The maximum atomic E-state index is 13.7. The molecule has 0 spiro atoms. The summed E-state index contributed by atoms with van der Waals surface area (Å²) >= 11 is 1.77. The number of hydrogen-bond donors (Lipinski definition) is 2. The fraction of sp³-hybridized carbons (Fsp3) is 0.294. The Kier molecular flexibility index (Phi) is 6.12. The van der Waals surface area contributed by atoms with Crippen molar-refractivity contribution in [2.24, 2.45) is 4.99 Å². The molecule has 1 aromatic heterocycles. The molecule has 0 unspecified atom stereocenters. The SMILES string of the molecule is CCc1ccc(CNC(=NC)NCc2cc(C#N)ccc2F)s1. The van der Waals surface area contributed by atoms with E-state index in [1.165, 1.54) is 21.9 Å². The van der Waals surface area contributed by atoms with Crippen molar-refractivity contribution in [3.63, 3.8) is 0 Å². The normalized spacial score (nSPS) is 11.1. The molecule has 1 heterocycles. The van der Waals surface area contributed by atoms with Gasteiger partial charge in [-0.25, -0.2) is 4.39 Å². The molecule has 4 nitrogen and oxygen atoms in total. The molecule has 2 rings (SSSR count). The summed E-state index contributed by atoms with van der Waals surface area (Å²) in [4.78, 5) is 6.70. The molecule has 0 saturated heterocycles.